The zero-order valence-corrected chi connectivity index (χ0v) is 12.1. The monoisotopic (exact) mass is 296 g/mol. The van der Waals surface area contributed by atoms with E-state index in [0.717, 1.165) is 10.8 Å². The first-order valence-electron chi connectivity index (χ1n) is 6.90. The topological polar surface area (TPSA) is 101 Å². The fourth-order valence-corrected chi connectivity index (χ4v) is 2.22. The number of fused-ring (bicyclic) bond motifs is 1. The second kappa shape index (κ2) is 5.72. The number of rotatable bonds is 4. The number of aromatic nitrogens is 3. The van der Waals surface area contributed by atoms with Crippen LogP contribution in [-0.4, -0.2) is 26.2 Å². The summed E-state index contributed by atoms with van der Waals surface area (Å²) in [6.45, 7) is 1.94. The number of aryl methyl sites for hydroxylation is 1. The van der Waals surface area contributed by atoms with Crippen LogP contribution in [0.4, 0.5) is 5.95 Å². The van der Waals surface area contributed by atoms with Gasteiger partial charge in [0.25, 0.3) is 5.95 Å². The molecule has 1 heterocycles. The number of hydrogen-bond acceptors (Lipinski definition) is 6. The van der Waals surface area contributed by atoms with Crippen molar-refractivity contribution in [1.29, 1.82) is 0 Å². The number of phenols is 1. The third-order valence-corrected chi connectivity index (χ3v) is 3.39. The summed E-state index contributed by atoms with van der Waals surface area (Å²) in [5.41, 5.74) is 3.36. The normalized spacial score (nSPS) is 11.3. The summed E-state index contributed by atoms with van der Waals surface area (Å²) in [6.07, 6.45) is 2.22. The maximum absolute atomic E-state index is 10.0. The lowest BCUT2D eigenvalue weighted by Gasteiger charge is -2.05. The molecule has 22 heavy (non-hydrogen) atoms. The predicted octanol–water partition coefficient (Wildman–Crippen LogP) is 1.86. The molecule has 0 spiro atoms. The summed E-state index contributed by atoms with van der Waals surface area (Å²) in [6, 6.07) is 11.3. The van der Waals surface area contributed by atoms with Gasteiger partial charge in [0.15, 0.2) is 5.82 Å². The van der Waals surface area contributed by atoms with Crippen molar-refractivity contribution in [2.24, 2.45) is 5.10 Å². The molecule has 112 valence electrons. The summed E-state index contributed by atoms with van der Waals surface area (Å²) in [7, 11) is 0. The van der Waals surface area contributed by atoms with Gasteiger partial charge in [0.1, 0.15) is 5.75 Å². The van der Waals surface area contributed by atoms with Gasteiger partial charge in [0.2, 0.25) is 0 Å². The van der Waals surface area contributed by atoms with Crippen LogP contribution in [0.1, 0.15) is 18.3 Å². The lowest BCUT2D eigenvalue weighted by Crippen LogP contribution is -2.14. The number of nitrogens with two attached hydrogens (primary N) is 1. The number of phenolic OH excluding ortho intramolecular Hbond substituents is 1. The van der Waals surface area contributed by atoms with Gasteiger partial charge in [-0.2, -0.15) is 5.10 Å². The standard InChI is InChI=1S/C15H16N6O/c1-2-14-18-20-15(21(14)16)19-17-9-12-11-6-4-3-5-10(11)7-8-13(12)22/h3-9,22H,2,16H2,1H3,(H,19,20)/b17-9-. The van der Waals surface area contributed by atoms with E-state index in [1.54, 1.807) is 6.07 Å². The molecular formula is C15H16N6O. The molecule has 0 radical (unpaired) electrons. The number of hydrazone groups is 1. The van der Waals surface area contributed by atoms with Crippen LogP contribution in [0.25, 0.3) is 10.8 Å². The van der Waals surface area contributed by atoms with Crippen LogP contribution in [0.5, 0.6) is 5.75 Å². The summed E-state index contributed by atoms with van der Waals surface area (Å²) in [5, 5.41) is 23.9. The highest BCUT2D eigenvalue weighted by atomic mass is 16.3. The molecule has 7 nitrogen and oxygen atoms in total. The SMILES string of the molecule is CCc1nnc(N/N=C\c2c(O)ccc3ccccc23)n1N. The Labute approximate surface area is 127 Å². The molecule has 0 aliphatic heterocycles. The molecule has 4 N–H and O–H groups in total. The van der Waals surface area contributed by atoms with E-state index < -0.39 is 0 Å². The number of nitrogen functional groups attached to an aromatic ring is 1. The van der Waals surface area contributed by atoms with Gasteiger partial charge >= 0.3 is 0 Å². The van der Waals surface area contributed by atoms with Crippen molar-refractivity contribution in [2.45, 2.75) is 13.3 Å². The van der Waals surface area contributed by atoms with Crippen LogP contribution in [-0.2, 0) is 6.42 Å². The number of aromatic hydroxyl groups is 1. The zero-order chi connectivity index (χ0) is 15.5. The molecular weight excluding hydrogens is 280 g/mol. The lowest BCUT2D eigenvalue weighted by molar-refractivity contribution is 0.475. The minimum atomic E-state index is 0.160. The van der Waals surface area contributed by atoms with Gasteiger partial charge in [-0.25, -0.2) is 10.1 Å². The Morgan fingerprint density at radius 2 is 2.09 bits per heavy atom. The van der Waals surface area contributed by atoms with E-state index in [0.29, 0.717) is 23.8 Å². The first-order valence-corrected chi connectivity index (χ1v) is 6.90. The second-order valence-corrected chi connectivity index (χ2v) is 4.75. The number of anilines is 1. The van der Waals surface area contributed by atoms with E-state index in [2.05, 4.69) is 20.7 Å². The third kappa shape index (κ3) is 2.44. The highest BCUT2D eigenvalue weighted by Crippen LogP contribution is 2.25. The predicted molar refractivity (Wildman–Crippen MR) is 86.4 cm³/mol. The minimum absolute atomic E-state index is 0.160. The van der Waals surface area contributed by atoms with E-state index in [1.165, 1.54) is 10.9 Å². The Bertz CT molecular complexity index is 839. The Hall–Kier alpha value is -3.09. The van der Waals surface area contributed by atoms with Crippen molar-refractivity contribution >= 4 is 22.9 Å². The molecule has 1 aromatic heterocycles. The fraction of sp³-hybridized carbons (Fsp3) is 0.133. The Morgan fingerprint density at radius 3 is 2.86 bits per heavy atom. The van der Waals surface area contributed by atoms with Crippen molar-refractivity contribution in [3.8, 4) is 5.75 Å². The molecule has 7 heteroatoms. The summed E-state index contributed by atoms with van der Waals surface area (Å²) in [4.78, 5) is 0. The molecule has 0 bridgehead atoms. The third-order valence-electron chi connectivity index (χ3n) is 3.39. The van der Waals surface area contributed by atoms with Gasteiger partial charge in [-0.1, -0.05) is 37.3 Å². The van der Waals surface area contributed by atoms with E-state index in [9.17, 15) is 5.11 Å². The van der Waals surface area contributed by atoms with Gasteiger partial charge in [-0.05, 0) is 16.8 Å². The molecule has 2 aromatic carbocycles. The molecule has 0 aliphatic rings. The number of nitrogens with zero attached hydrogens (tertiary/aromatic N) is 4. The number of nitrogens with one attached hydrogen (secondary N) is 1. The van der Waals surface area contributed by atoms with Gasteiger partial charge in [0.05, 0.1) is 6.21 Å². The molecule has 0 unspecified atom stereocenters. The van der Waals surface area contributed by atoms with Crippen molar-refractivity contribution in [2.75, 3.05) is 11.3 Å². The molecule has 3 rings (SSSR count). The van der Waals surface area contributed by atoms with Gasteiger partial charge in [0, 0.05) is 12.0 Å². The Morgan fingerprint density at radius 1 is 1.27 bits per heavy atom. The van der Waals surface area contributed by atoms with Crippen LogP contribution in [0.15, 0.2) is 41.5 Å². The van der Waals surface area contributed by atoms with E-state index in [4.69, 9.17) is 5.84 Å². The molecule has 3 aromatic rings. The fourth-order valence-electron chi connectivity index (χ4n) is 2.22. The van der Waals surface area contributed by atoms with E-state index in [1.807, 2.05) is 37.3 Å². The summed E-state index contributed by atoms with van der Waals surface area (Å²) < 4.78 is 1.35. The first-order chi connectivity index (χ1) is 10.7. The van der Waals surface area contributed by atoms with Gasteiger partial charge in [-0.3, -0.25) is 0 Å². The molecule has 0 aliphatic carbocycles. The molecule has 0 saturated carbocycles. The first kappa shape index (κ1) is 13.9. The maximum atomic E-state index is 10.0. The highest BCUT2D eigenvalue weighted by molar-refractivity contribution is 6.02. The zero-order valence-electron chi connectivity index (χ0n) is 12.1. The molecule has 0 saturated heterocycles. The minimum Gasteiger partial charge on any atom is -0.507 e. The number of benzene rings is 2. The second-order valence-electron chi connectivity index (χ2n) is 4.75. The maximum Gasteiger partial charge on any atom is 0.263 e. The van der Waals surface area contributed by atoms with Crippen LogP contribution in [0.2, 0.25) is 0 Å². The Balaban J connectivity index is 1.89. The molecule has 0 fully saturated rings. The van der Waals surface area contributed by atoms with Crippen LogP contribution < -0.4 is 11.3 Å². The highest BCUT2D eigenvalue weighted by Gasteiger charge is 2.07. The largest absolute Gasteiger partial charge is 0.507 e. The van der Waals surface area contributed by atoms with Crippen molar-refractivity contribution in [3.63, 3.8) is 0 Å². The van der Waals surface area contributed by atoms with Crippen LogP contribution in [0.3, 0.4) is 0 Å². The van der Waals surface area contributed by atoms with Crippen molar-refractivity contribution in [3.05, 3.63) is 47.8 Å². The van der Waals surface area contributed by atoms with Crippen molar-refractivity contribution in [1.82, 2.24) is 14.9 Å². The van der Waals surface area contributed by atoms with Crippen LogP contribution >= 0.6 is 0 Å². The summed E-state index contributed by atoms with van der Waals surface area (Å²) >= 11 is 0. The van der Waals surface area contributed by atoms with E-state index in [-0.39, 0.29) is 5.75 Å². The summed E-state index contributed by atoms with van der Waals surface area (Å²) in [5.74, 6) is 6.98. The Kier molecular flexibility index (Phi) is 3.61. The molecule has 0 atom stereocenters. The average molecular weight is 296 g/mol. The van der Waals surface area contributed by atoms with Gasteiger partial charge in [-0.15, -0.1) is 10.2 Å². The molecule has 0 amide bonds. The van der Waals surface area contributed by atoms with Gasteiger partial charge < -0.3 is 10.9 Å². The smallest absolute Gasteiger partial charge is 0.263 e. The van der Waals surface area contributed by atoms with Crippen LogP contribution in [0, 0.1) is 0 Å². The van der Waals surface area contributed by atoms with E-state index >= 15 is 0 Å². The lowest BCUT2D eigenvalue weighted by atomic mass is 10.0. The van der Waals surface area contributed by atoms with Crippen molar-refractivity contribution < 1.29 is 5.11 Å². The average Bonchev–Trinajstić information content (AvgIpc) is 2.90. The quantitative estimate of drug-likeness (QED) is 0.387. The number of hydrogen-bond donors (Lipinski definition) is 3.